The molecule has 0 saturated heterocycles. The molecule has 1 aliphatic rings. The van der Waals surface area contributed by atoms with Gasteiger partial charge in [0.05, 0.1) is 4.47 Å². The van der Waals surface area contributed by atoms with Crippen LogP contribution in [0.3, 0.4) is 0 Å². The van der Waals surface area contributed by atoms with Crippen molar-refractivity contribution in [2.75, 3.05) is 18.6 Å². The van der Waals surface area contributed by atoms with E-state index in [9.17, 15) is 0 Å². The van der Waals surface area contributed by atoms with Crippen LogP contribution < -0.4 is 4.90 Å². The van der Waals surface area contributed by atoms with Gasteiger partial charge in [-0.05, 0) is 47.5 Å². The minimum Gasteiger partial charge on any atom is -0.384 e. The van der Waals surface area contributed by atoms with Crippen LogP contribution >= 0.6 is 15.9 Å². The summed E-state index contributed by atoms with van der Waals surface area (Å²) in [4.78, 5) is 10.9. The molecular formula is C15H20BrN3O. The van der Waals surface area contributed by atoms with Crippen molar-refractivity contribution in [2.24, 2.45) is 5.92 Å². The first-order valence-corrected chi connectivity index (χ1v) is 7.77. The summed E-state index contributed by atoms with van der Waals surface area (Å²) in [5.41, 5.74) is 0. The van der Waals surface area contributed by atoms with E-state index in [0.717, 1.165) is 29.7 Å². The van der Waals surface area contributed by atoms with Crippen LogP contribution in [0.4, 0.5) is 5.95 Å². The summed E-state index contributed by atoms with van der Waals surface area (Å²) in [5.74, 6) is 7.23. The molecule has 1 fully saturated rings. The molecule has 1 aliphatic carbocycles. The van der Waals surface area contributed by atoms with Crippen LogP contribution in [0.15, 0.2) is 16.9 Å². The molecule has 2 rings (SSSR count). The molecule has 20 heavy (non-hydrogen) atoms. The van der Waals surface area contributed by atoms with Crippen molar-refractivity contribution in [3.8, 4) is 11.8 Å². The molecular weight excluding hydrogens is 318 g/mol. The summed E-state index contributed by atoms with van der Waals surface area (Å²) in [6.07, 6.45) is 9.16. The van der Waals surface area contributed by atoms with Gasteiger partial charge in [-0.2, -0.15) is 0 Å². The van der Waals surface area contributed by atoms with E-state index in [2.05, 4.69) is 49.7 Å². The van der Waals surface area contributed by atoms with Crippen LogP contribution in [0, 0.1) is 17.8 Å². The fourth-order valence-corrected chi connectivity index (χ4v) is 2.86. The Morgan fingerprint density at radius 3 is 2.50 bits per heavy atom. The van der Waals surface area contributed by atoms with E-state index in [0.29, 0.717) is 12.0 Å². The molecule has 0 spiro atoms. The smallest absolute Gasteiger partial charge is 0.225 e. The molecule has 1 aromatic heterocycles. The van der Waals surface area contributed by atoms with Crippen LogP contribution in [0.2, 0.25) is 0 Å². The number of rotatable bonds is 3. The zero-order valence-corrected chi connectivity index (χ0v) is 13.3. The van der Waals surface area contributed by atoms with Gasteiger partial charge in [0.2, 0.25) is 5.95 Å². The number of hydrogen-bond donors (Lipinski definition) is 1. The highest BCUT2D eigenvalue weighted by atomic mass is 79.9. The normalized spacial score (nSPS) is 21.9. The Morgan fingerprint density at radius 2 is 1.90 bits per heavy atom. The van der Waals surface area contributed by atoms with Gasteiger partial charge in [0.1, 0.15) is 6.61 Å². The lowest BCUT2D eigenvalue weighted by Crippen LogP contribution is -2.36. The average Bonchev–Trinajstić information content (AvgIpc) is 2.48. The predicted molar refractivity (Wildman–Crippen MR) is 83.4 cm³/mol. The van der Waals surface area contributed by atoms with Crippen molar-refractivity contribution < 1.29 is 5.11 Å². The summed E-state index contributed by atoms with van der Waals surface area (Å²) in [6, 6.07) is 0.512. The van der Waals surface area contributed by atoms with E-state index >= 15 is 0 Å². The molecule has 1 aromatic rings. The van der Waals surface area contributed by atoms with Gasteiger partial charge >= 0.3 is 0 Å². The third-order valence-corrected chi connectivity index (χ3v) is 4.29. The van der Waals surface area contributed by atoms with E-state index in [1.165, 1.54) is 12.8 Å². The highest BCUT2D eigenvalue weighted by Crippen LogP contribution is 2.30. The monoisotopic (exact) mass is 337 g/mol. The van der Waals surface area contributed by atoms with Crippen molar-refractivity contribution >= 4 is 21.9 Å². The van der Waals surface area contributed by atoms with Crippen LogP contribution in [-0.2, 0) is 0 Å². The van der Waals surface area contributed by atoms with Crippen molar-refractivity contribution in [3.05, 3.63) is 16.9 Å². The second kappa shape index (κ2) is 7.61. The first-order valence-electron chi connectivity index (χ1n) is 6.97. The molecule has 1 saturated carbocycles. The number of hydrogen-bond acceptors (Lipinski definition) is 4. The Bertz CT molecular complexity index is 472. The third-order valence-electron chi connectivity index (χ3n) is 3.88. The molecule has 0 aliphatic heterocycles. The maximum atomic E-state index is 8.66. The first-order chi connectivity index (χ1) is 9.70. The second-order valence-corrected chi connectivity index (χ2v) is 6.12. The molecule has 0 amide bonds. The minimum absolute atomic E-state index is 0.0288. The lowest BCUT2D eigenvalue weighted by molar-refractivity contribution is 0.323. The number of halogens is 1. The number of aromatic nitrogens is 2. The molecule has 0 aromatic carbocycles. The van der Waals surface area contributed by atoms with Gasteiger partial charge in [0.25, 0.3) is 0 Å². The largest absolute Gasteiger partial charge is 0.384 e. The Labute approximate surface area is 128 Å². The van der Waals surface area contributed by atoms with Gasteiger partial charge in [-0.15, -0.1) is 5.92 Å². The second-order valence-electron chi connectivity index (χ2n) is 5.20. The van der Waals surface area contributed by atoms with E-state index in [1.807, 2.05) is 0 Å². The Balaban J connectivity index is 1.85. The predicted octanol–water partition coefficient (Wildman–Crippen LogP) is 2.62. The SMILES string of the molecule is CN(c1ncc(Br)cn1)C1CCC(CC#CCO)CC1. The van der Waals surface area contributed by atoms with Gasteiger partial charge < -0.3 is 10.0 Å². The topological polar surface area (TPSA) is 49.2 Å². The lowest BCUT2D eigenvalue weighted by Gasteiger charge is -2.34. The quantitative estimate of drug-likeness (QED) is 0.861. The summed E-state index contributed by atoms with van der Waals surface area (Å²) in [6.45, 7) is -0.0288. The Morgan fingerprint density at radius 1 is 1.25 bits per heavy atom. The minimum atomic E-state index is -0.0288. The molecule has 0 bridgehead atoms. The Kier molecular flexibility index (Phi) is 5.81. The molecule has 4 nitrogen and oxygen atoms in total. The zero-order valence-electron chi connectivity index (χ0n) is 11.7. The standard InChI is InChI=1S/C15H20BrN3O/c1-19(15-17-10-13(16)11-18-15)14-7-5-12(6-8-14)4-2-3-9-20/h10-12,14,20H,4-9H2,1H3. The third kappa shape index (κ3) is 4.19. The summed E-state index contributed by atoms with van der Waals surface area (Å²) >= 11 is 3.35. The van der Waals surface area contributed by atoms with Crippen LogP contribution in [0.5, 0.6) is 0 Å². The maximum absolute atomic E-state index is 8.66. The first kappa shape index (κ1) is 15.3. The number of anilines is 1. The van der Waals surface area contributed by atoms with Gasteiger partial charge in [-0.1, -0.05) is 5.92 Å². The van der Waals surface area contributed by atoms with E-state index in [-0.39, 0.29) is 6.61 Å². The Hall–Kier alpha value is -1.12. The highest BCUT2D eigenvalue weighted by molar-refractivity contribution is 9.10. The van der Waals surface area contributed by atoms with E-state index < -0.39 is 0 Å². The summed E-state index contributed by atoms with van der Waals surface area (Å²) in [7, 11) is 2.07. The number of aliphatic hydroxyl groups excluding tert-OH is 1. The van der Waals surface area contributed by atoms with E-state index in [1.54, 1.807) is 12.4 Å². The van der Waals surface area contributed by atoms with Crippen molar-refractivity contribution in [1.82, 2.24) is 9.97 Å². The van der Waals surface area contributed by atoms with Crippen molar-refractivity contribution in [3.63, 3.8) is 0 Å². The molecule has 0 atom stereocenters. The highest BCUT2D eigenvalue weighted by Gasteiger charge is 2.24. The fraction of sp³-hybridized carbons (Fsp3) is 0.600. The molecule has 5 heteroatoms. The van der Waals surface area contributed by atoms with Gasteiger partial charge in [0, 0.05) is 31.9 Å². The average molecular weight is 338 g/mol. The molecule has 1 N–H and O–H groups in total. The van der Waals surface area contributed by atoms with Gasteiger partial charge in [0.15, 0.2) is 0 Å². The zero-order chi connectivity index (χ0) is 14.4. The number of aliphatic hydroxyl groups is 1. The van der Waals surface area contributed by atoms with Crippen LogP contribution in [0.1, 0.15) is 32.1 Å². The fourth-order valence-electron chi connectivity index (χ4n) is 2.66. The molecule has 108 valence electrons. The van der Waals surface area contributed by atoms with Crippen LogP contribution in [0.25, 0.3) is 0 Å². The summed E-state index contributed by atoms with van der Waals surface area (Å²) < 4.78 is 0.904. The molecule has 1 heterocycles. The molecule has 0 radical (unpaired) electrons. The van der Waals surface area contributed by atoms with Crippen molar-refractivity contribution in [2.45, 2.75) is 38.1 Å². The summed E-state index contributed by atoms with van der Waals surface area (Å²) in [5, 5.41) is 8.66. The molecule has 0 unspecified atom stereocenters. The van der Waals surface area contributed by atoms with Gasteiger partial charge in [-0.3, -0.25) is 0 Å². The van der Waals surface area contributed by atoms with Gasteiger partial charge in [-0.25, -0.2) is 9.97 Å². The van der Waals surface area contributed by atoms with Crippen LogP contribution in [-0.4, -0.2) is 34.8 Å². The lowest BCUT2D eigenvalue weighted by atomic mass is 9.84. The maximum Gasteiger partial charge on any atom is 0.225 e. The number of nitrogens with zero attached hydrogens (tertiary/aromatic N) is 3. The van der Waals surface area contributed by atoms with Crippen molar-refractivity contribution in [1.29, 1.82) is 0 Å². The van der Waals surface area contributed by atoms with E-state index in [4.69, 9.17) is 5.11 Å².